The largest absolute Gasteiger partial charge is 0.423 e. The van der Waals surface area contributed by atoms with Crippen LogP contribution in [0.4, 0.5) is 0 Å². The number of carbonyl (C=O) groups is 2. The number of halogens is 1. The van der Waals surface area contributed by atoms with Crippen LogP contribution in [0.1, 0.15) is 21.5 Å². The van der Waals surface area contributed by atoms with Gasteiger partial charge in [0.15, 0.2) is 0 Å². The maximum Gasteiger partial charge on any atom is 0.336 e. The average Bonchev–Trinajstić information content (AvgIpc) is 2.54. The molecule has 0 saturated carbocycles. The Hall–Kier alpha value is -2.90. The molecule has 0 spiro atoms. The molecule has 0 heterocycles. The Morgan fingerprint density at radius 1 is 1.05 bits per heavy atom. The molecule has 0 fully saturated rings. The van der Waals surface area contributed by atoms with Gasteiger partial charge in [-0.25, -0.2) is 4.79 Å². The third kappa shape index (κ3) is 4.30. The number of nitrogens with zero attached hydrogens (tertiary/aromatic N) is 1. The van der Waals surface area contributed by atoms with E-state index in [0.29, 0.717) is 16.9 Å². The van der Waals surface area contributed by atoms with Crippen molar-refractivity contribution in [3.63, 3.8) is 0 Å². The van der Waals surface area contributed by atoms with Crippen molar-refractivity contribution in [1.29, 1.82) is 5.26 Å². The summed E-state index contributed by atoms with van der Waals surface area (Å²) in [5.74, 6) is -0.182. The van der Waals surface area contributed by atoms with Gasteiger partial charge in [0.25, 0.3) is 5.24 Å². The minimum absolute atomic E-state index is 0.358. The average molecular weight is 312 g/mol. The Morgan fingerprint density at radius 3 is 2.23 bits per heavy atom. The molecule has 0 bridgehead atoms. The summed E-state index contributed by atoms with van der Waals surface area (Å²) in [5, 5.41) is 8.14. The zero-order chi connectivity index (χ0) is 15.9. The number of nitriles is 1. The fourth-order valence-electron chi connectivity index (χ4n) is 1.64. The van der Waals surface area contributed by atoms with Crippen LogP contribution < -0.4 is 4.74 Å². The summed E-state index contributed by atoms with van der Waals surface area (Å²) in [5.41, 5.74) is 1.61. The van der Waals surface area contributed by atoms with Gasteiger partial charge in [-0.1, -0.05) is 12.1 Å². The highest BCUT2D eigenvalue weighted by molar-refractivity contribution is 6.67. The molecule has 0 aliphatic carbocycles. The lowest BCUT2D eigenvalue weighted by Gasteiger charge is -2.00. The summed E-state index contributed by atoms with van der Waals surface area (Å²) in [6.07, 6.45) is 2.84. The van der Waals surface area contributed by atoms with Gasteiger partial charge >= 0.3 is 5.97 Å². The summed E-state index contributed by atoms with van der Waals surface area (Å²) in [4.78, 5) is 22.6. The molecule has 0 aliphatic heterocycles. The molecular formula is C17H10ClNO3. The smallest absolute Gasteiger partial charge is 0.336 e. The number of hydrogen-bond donors (Lipinski definition) is 0. The number of rotatable bonds is 4. The minimum Gasteiger partial charge on any atom is -0.423 e. The molecule has 0 unspecified atom stereocenters. The maximum atomic E-state index is 11.7. The summed E-state index contributed by atoms with van der Waals surface area (Å²) >= 11 is 5.34. The van der Waals surface area contributed by atoms with Gasteiger partial charge in [-0.2, -0.15) is 5.26 Å². The first kappa shape index (κ1) is 15.5. The molecule has 108 valence electrons. The van der Waals surface area contributed by atoms with E-state index in [9.17, 15) is 9.59 Å². The van der Waals surface area contributed by atoms with Crippen molar-refractivity contribution in [2.45, 2.75) is 0 Å². The summed E-state index contributed by atoms with van der Waals surface area (Å²) in [7, 11) is 0. The molecule has 0 atom stereocenters. The van der Waals surface area contributed by atoms with Crippen LogP contribution in [0.2, 0.25) is 0 Å². The van der Waals surface area contributed by atoms with Crippen molar-refractivity contribution >= 4 is 28.9 Å². The normalized spacial score (nSPS) is 10.2. The lowest BCUT2D eigenvalue weighted by atomic mass is 10.1. The van der Waals surface area contributed by atoms with Crippen molar-refractivity contribution < 1.29 is 14.3 Å². The standard InChI is InChI=1S/C17H10ClNO3/c18-17(21)14-6-1-12(2-7-14)5-10-16(20)22-15-8-3-13(11-19)4-9-15/h1-10H/b10-5+. The van der Waals surface area contributed by atoms with Crippen LogP contribution >= 0.6 is 11.6 Å². The Balaban J connectivity index is 1.98. The summed E-state index contributed by atoms with van der Waals surface area (Å²) in [6, 6.07) is 14.7. The van der Waals surface area contributed by atoms with Gasteiger partial charge < -0.3 is 4.74 Å². The fraction of sp³-hybridized carbons (Fsp3) is 0. The molecule has 0 aliphatic rings. The summed E-state index contributed by atoms with van der Waals surface area (Å²) < 4.78 is 5.09. The molecule has 2 rings (SSSR count). The molecule has 0 amide bonds. The molecule has 0 radical (unpaired) electrons. The highest BCUT2D eigenvalue weighted by Gasteiger charge is 2.02. The number of ether oxygens (including phenoxy) is 1. The first-order valence-electron chi connectivity index (χ1n) is 6.28. The second-order valence-electron chi connectivity index (χ2n) is 4.29. The lowest BCUT2D eigenvalue weighted by Crippen LogP contribution is -2.03. The van der Waals surface area contributed by atoms with Crippen LogP contribution in [0.3, 0.4) is 0 Å². The van der Waals surface area contributed by atoms with Gasteiger partial charge in [-0.3, -0.25) is 4.79 Å². The third-order valence-electron chi connectivity index (χ3n) is 2.75. The van der Waals surface area contributed by atoms with E-state index in [2.05, 4.69) is 0 Å². The molecule has 2 aromatic rings. The highest BCUT2D eigenvalue weighted by atomic mass is 35.5. The van der Waals surface area contributed by atoms with Crippen LogP contribution in [0.15, 0.2) is 54.6 Å². The number of hydrogen-bond acceptors (Lipinski definition) is 4. The van der Waals surface area contributed by atoms with Gasteiger partial charge in [0.2, 0.25) is 0 Å². The summed E-state index contributed by atoms with van der Waals surface area (Å²) in [6.45, 7) is 0. The van der Waals surface area contributed by atoms with E-state index in [1.807, 2.05) is 6.07 Å². The third-order valence-corrected chi connectivity index (χ3v) is 2.97. The van der Waals surface area contributed by atoms with E-state index in [4.69, 9.17) is 21.6 Å². The molecule has 0 aromatic heterocycles. The first-order valence-corrected chi connectivity index (χ1v) is 6.66. The Bertz CT molecular complexity index is 756. The Labute approximate surface area is 132 Å². The van der Waals surface area contributed by atoms with Crippen LogP contribution in [0, 0.1) is 11.3 Å². The lowest BCUT2D eigenvalue weighted by molar-refractivity contribution is -0.128. The van der Waals surface area contributed by atoms with E-state index in [1.54, 1.807) is 54.6 Å². The van der Waals surface area contributed by atoms with Crippen molar-refractivity contribution in [3.8, 4) is 11.8 Å². The molecular weight excluding hydrogens is 302 g/mol. The van der Waals surface area contributed by atoms with Crippen LogP contribution in [0.25, 0.3) is 6.08 Å². The Morgan fingerprint density at radius 2 is 1.68 bits per heavy atom. The molecule has 5 heteroatoms. The Kier molecular flexibility index (Phi) is 5.07. The van der Waals surface area contributed by atoms with Crippen molar-refractivity contribution in [2.24, 2.45) is 0 Å². The maximum absolute atomic E-state index is 11.7. The van der Waals surface area contributed by atoms with E-state index >= 15 is 0 Å². The van der Waals surface area contributed by atoms with Crippen LogP contribution in [0.5, 0.6) is 5.75 Å². The quantitative estimate of drug-likeness (QED) is 0.375. The number of benzene rings is 2. The van der Waals surface area contributed by atoms with Crippen molar-refractivity contribution in [3.05, 3.63) is 71.3 Å². The number of carbonyl (C=O) groups excluding carboxylic acids is 2. The van der Waals surface area contributed by atoms with Gasteiger partial charge in [0, 0.05) is 11.6 Å². The first-order chi connectivity index (χ1) is 10.6. The van der Waals surface area contributed by atoms with E-state index in [0.717, 1.165) is 5.56 Å². The SMILES string of the molecule is N#Cc1ccc(OC(=O)/C=C/c2ccc(C(=O)Cl)cc2)cc1. The second-order valence-corrected chi connectivity index (χ2v) is 4.63. The topological polar surface area (TPSA) is 67.2 Å². The zero-order valence-corrected chi connectivity index (χ0v) is 12.1. The predicted octanol–water partition coefficient (Wildman–Crippen LogP) is 3.56. The van der Waals surface area contributed by atoms with Gasteiger partial charge in [0.1, 0.15) is 5.75 Å². The molecule has 0 saturated heterocycles. The predicted molar refractivity (Wildman–Crippen MR) is 82.5 cm³/mol. The fourth-order valence-corrected chi connectivity index (χ4v) is 1.76. The van der Waals surface area contributed by atoms with Gasteiger partial charge in [-0.05, 0) is 59.6 Å². The van der Waals surface area contributed by atoms with E-state index in [1.165, 1.54) is 6.08 Å². The van der Waals surface area contributed by atoms with Crippen molar-refractivity contribution in [1.82, 2.24) is 0 Å². The van der Waals surface area contributed by atoms with Gasteiger partial charge in [-0.15, -0.1) is 0 Å². The van der Waals surface area contributed by atoms with E-state index < -0.39 is 11.2 Å². The molecule has 4 nitrogen and oxygen atoms in total. The second kappa shape index (κ2) is 7.21. The molecule has 0 N–H and O–H groups in total. The minimum atomic E-state index is -0.540. The van der Waals surface area contributed by atoms with Crippen molar-refractivity contribution in [2.75, 3.05) is 0 Å². The van der Waals surface area contributed by atoms with Gasteiger partial charge in [0.05, 0.1) is 11.6 Å². The van der Waals surface area contributed by atoms with Crippen LogP contribution in [-0.4, -0.2) is 11.2 Å². The zero-order valence-electron chi connectivity index (χ0n) is 11.3. The van der Waals surface area contributed by atoms with E-state index in [-0.39, 0.29) is 0 Å². The van der Waals surface area contributed by atoms with Crippen LogP contribution in [-0.2, 0) is 4.79 Å². The highest BCUT2D eigenvalue weighted by Crippen LogP contribution is 2.13. The molecule has 2 aromatic carbocycles. The molecule has 22 heavy (non-hydrogen) atoms. The number of esters is 1. The monoisotopic (exact) mass is 311 g/mol.